The van der Waals surface area contributed by atoms with Crippen LogP contribution in [0.4, 0.5) is 5.82 Å². The van der Waals surface area contributed by atoms with Crippen LogP contribution in [0.3, 0.4) is 0 Å². The Morgan fingerprint density at radius 3 is 2.61 bits per heavy atom. The number of hydrogen-bond donors (Lipinski definition) is 0. The zero-order valence-corrected chi connectivity index (χ0v) is 19.2. The molecule has 1 amide bonds. The molecule has 3 heterocycles. The monoisotopic (exact) mass is 434 g/mol. The number of piperazine rings is 1. The fraction of sp³-hybridized carbons (Fsp3) is 0.480. The minimum absolute atomic E-state index is 0.165. The largest absolute Gasteiger partial charge is 0.352 e. The number of benzene rings is 1. The van der Waals surface area contributed by atoms with E-state index in [2.05, 4.69) is 42.2 Å². The standard InChI is InChI=1S/C25H30N4OS/c1-17-8-10-20-21(16-17)31-25-23(20)24(29-14-12-28(13-15-29)18(2)30)26-22(27-25)11-9-19-6-4-3-5-7-19/h3-7,17H,8-16H2,1-2H3. The maximum absolute atomic E-state index is 11.8. The van der Waals surface area contributed by atoms with Gasteiger partial charge in [0.1, 0.15) is 16.5 Å². The van der Waals surface area contributed by atoms with Gasteiger partial charge in [0.25, 0.3) is 0 Å². The summed E-state index contributed by atoms with van der Waals surface area (Å²) in [5.74, 6) is 2.95. The molecule has 0 radical (unpaired) electrons. The lowest BCUT2D eigenvalue weighted by molar-refractivity contribution is -0.129. The molecule has 1 fully saturated rings. The van der Waals surface area contributed by atoms with Crippen molar-refractivity contribution in [1.29, 1.82) is 0 Å². The van der Waals surface area contributed by atoms with Crippen LogP contribution in [-0.2, 0) is 30.5 Å². The molecule has 0 N–H and O–H groups in total. The first-order valence-electron chi connectivity index (χ1n) is 11.4. The van der Waals surface area contributed by atoms with E-state index < -0.39 is 0 Å². The molecule has 162 valence electrons. The highest BCUT2D eigenvalue weighted by atomic mass is 32.1. The zero-order chi connectivity index (χ0) is 21.4. The van der Waals surface area contributed by atoms with Gasteiger partial charge in [-0.05, 0) is 42.7 Å². The number of aryl methyl sites for hydroxylation is 3. The Bertz CT molecular complexity index is 1090. The number of aromatic nitrogens is 2. The topological polar surface area (TPSA) is 49.3 Å². The second-order valence-electron chi connectivity index (χ2n) is 8.97. The second-order valence-corrected chi connectivity index (χ2v) is 10.1. The lowest BCUT2D eigenvalue weighted by Crippen LogP contribution is -2.48. The van der Waals surface area contributed by atoms with Crippen LogP contribution in [-0.4, -0.2) is 47.0 Å². The van der Waals surface area contributed by atoms with Crippen LogP contribution >= 0.6 is 11.3 Å². The number of carbonyl (C=O) groups excluding carboxylic acids is 1. The van der Waals surface area contributed by atoms with E-state index in [1.54, 1.807) is 6.92 Å². The van der Waals surface area contributed by atoms with Crippen LogP contribution < -0.4 is 4.90 Å². The number of fused-ring (bicyclic) bond motifs is 3. The summed E-state index contributed by atoms with van der Waals surface area (Å²) >= 11 is 1.88. The van der Waals surface area contributed by atoms with Crippen molar-refractivity contribution in [2.45, 2.75) is 46.0 Å². The zero-order valence-electron chi connectivity index (χ0n) is 18.4. The number of hydrogen-bond acceptors (Lipinski definition) is 5. The molecule has 5 rings (SSSR count). The van der Waals surface area contributed by atoms with Crippen LogP contribution in [0.1, 0.15) is 42.1 Å². The van der Waals surface area contributed by atoms with Crippen LogP contribution in [0.25, 0.3) is 10.2 Å². The quantitative estimate of drug-likeness (QED) is 0.615. The first kappa shape index (κ1) is 20.4. The average molecular weight is 435 g/mol. The molecule has 5 nitrogen and oxygen atoms in total. The molecule has 1 atom stereocenters. The average Bonchev–Trinajstić information content (AvgIpc) is 3.15. The fourth-order valence-electron chi connectivity index (χ4n) is 4.84. The van der Waals surface area contributed by atoms with Gasteiger partial charge in [0.15, 0.2) is 0 Å². The van der Waals surface area contributed by atoms with Gasteiger partial charge in [-0.15, -0.1) is 11.3 Å². The molecule has 0 bridgehead atoms. The predicted molar refractivity (Wildman–Crippen MR) is 127 cm³/mol. The third-order valence-corrected chi connectivity index (χ3v) is 7.84. The lowest BCUT2D eigenvalue weighted by Gasteiger charge is -2.35. The molecule has 0 spiro atoms. The Kier molecular flexibility index (Phi) is 5.65. The third-order valence-electron chi connectivity index (χ3n) is 6.69. The van der Waals surface area contributed by atoms with Gasteiger partial charge in [-0.25, -0.2) is 9.97 Å². The Labute approximate surface area is 188 Å². The van der Waals surface area contributed by atoms with Gasteiger partial charge >= 0.3 is 0 Å². The van der Waals surface area contributed by atoms with Gasteiger partial charge in [-0.1, -0.05) is 37.3 Å². The molecule has 1 aliphatic heterocycles. The van der Waals surface area contributed by atoms with Gasteiger partial charge in [0.05, 0.1) is 5.39 Å². The highest BCUT2D eigenvalue weighted by molar-refractivity contribution is 7.19. The van der Waals surface area contributed by atoms with Crippen molar-refractivity contribution in [3.63, 3.8) is 0 Å². The first-order chi connectivity index (χ1) is 15.1. The van der Waals surface area contributed by atoms with Gasteiger partial charge in [-0.2, -0.15) is 0 Å². The second kappa shape index (κ2) is 8.58. The van der Waals surface area contributed by atoms with Gasteiger partial charge in [0.2, 0.25) is 5.91 Å². The van der Waals surface area contributed by atoms with Gasteiger partial charge in [0, 0.05) is 44.4 Å². The highest BCUT2D eigenvalue weighted by Gasteiger charge is 2.28. The molecule has 0 saturated carbocycles. The summed E-state index contributed by atoms with van der Waals surface area (Å²) in [6.07, 6.45) is 5.33. The number of nitrogens with zero attached hydrogens (tertiary/aromatic N) is 4. The molecule has 3 aromatic rings. The van der Waals surface area contributed by atoms with Gasteiger partial charge in [-0.3, -0.25) is 4.79 Å². The van der Waals surface area contributed by atoms with E-state index in [1.165, 1.54) is 27.8 Å². The Morgan fingerprint density at radius 1 is 1.10 bits per heavy atom. The van der Waals surface area contributed by atoms with E-state index >= 15 is 0 Å². The van der Waals surface area contributed by atoms with Crippen molar-refractivity contribution >= 4 is 33.3 Å². The predicted octanol–water partition coefficient (Wildman–Crippen LogP) is 4.27. The number of rotatable bonds is 4. The molecular formula is C25H30N4OS. The molecule has 1 unspecified atom stereocenters. The Morgan fingerprint density at radius 2 is 1.87 bits per heavy atom. The van der Waals surface area contributed by atoms with Crippen LogP contribution in [0, 0.1) is 5.92 Å². The summed E-state index contributed by atoms with van der Waals surface area (Å²) in [6.45, 7) is 7.23. The van der Waals surface area contributed by atoms with Crippen LogP contribution in [0.15, 0.2) is 30.3 Å². The minimum Gasteiger partial charge on any atom is -0.352 e. The SMILES string of the molecule is CC(=O)N1CCN(c2nc(CCc3ccccc3)nc3sc4c(c23)CCC(C)C4)CC1. The van der Waals surface area contributed by atoms with Crippen molar-refractivity contribution in [1.82, 2.24) is 14.9 Å². The molecule has 1 aliphatic carbocycles. The Balaban J connectivity index is 1.50. The van der Waals surface area contributed by atoms with Crippen LogP contribution in [0.2, 0.25) is 0 Å². The van der Waals surface area contributed by atoms with Crippen molar-refractivity contribution in [3.05, 3.63) is 52.2 Å². The van der Waals surface area contributed by atoms with Crippen molar-refractivity contribution in [3.8, 4) is 0 Å². The first-order valence-corrected chi connectivity index (χ1v) is 12.3. The van der Waals surface area contributed by atoms with Gasteiger partial charge < -0.3 is 9.80 Å². The molecular weight excluding hydrogens is 404 g/mol. The van der Waals surface area contributed by atoms with Crippen LogP contribution in [0.5, 0.6) is 0 Å². The van der Waals surface area contributed by atoms with Crippen molar-refractivity contribution in [2.75, 3.05) is 31.1 Å². The van der Waals surface area contributed by atoms with E-state index in [-0.39, 0.29) is 5.91 Å². The summed E-state index contributed by atoms with van der Waals surface area (Å²) in [5.41, 5.74) is 2.80. The van der Waals surface area contributed by atoms with E-state index in [9.17, 15) is 4.79 Å². The van der Waals surface area contributed by atoms with E-state index in [4.69, 9.17) is 9.97 Å². The molecule has 2 aliphatic rings. The summed E-state index contributed by atoms with van der Waals surface area (Å²) in [5, 5.41) is 1.28. The lowest BCUT2D eigenvalue weighted by atomic mass is 9.89. The van der Waals surface area contributed by atoms with Crippen molar-refractivity contribution in [2.24, 2.45) is 5.92 Å². The summed E-state index contributed by atoms with van der Waals surface area (Å²) < 4.78 is 0. The summed E-state index contributed by atoms with van der Waals surface area (Å²) in [4.78, 5) is 28.9. The molecule has 2 aromatic heterocycles. The molecule has 1 saturated heterocycles. The smallest absolute Gasteiger partial charge is 0.219 e. The maximum atomic E-state index is 11.8. The number of amides is 1. The molecule has 1 aromatic carbocycles. The normalized spacial score (nSPS) is 19.0. The summed E-state index contributed by atoms with van der Waals surface area (Å²) in [6, 6.07) is 10.6. The molecule has 6 heteroatoms. The van der Waals surface area contributed by atoms with Crippen molar-refractivity contribution < 1.29 is 4.79 Å². The Hall–Kier alpha value is -2.47. The molecule has 31 heavy (non-hydrogen) atoms. The number of anilines is 1. The third kappa shape index (κ3) is 4.18. The van der Waals surface area contributed by atoms with E-state index in [0.29, 0.717) is 0 Å². The van der Waals surface area contributed by atoms with E-state index in [0.717, 1.165) is 74.3 Å². The fourth-order valence-corrected chi connectivity index (χ4v) is 6.24. The maximum Gasteiger partial charge on any atom is 0.219 e. The highest BCUT2D eigenvalue weighted by Crippen LogP contribution is 2.41. The minimum atomic E-state index is 0.165. The summed E-state index contributed by atoms with van der Waals surface area (Å²) in [7, 11) is 0. The number of carbonyl (C=O) groups is 1. The van der Waals surface area contributed by atoms with E-state index in [1.807, 2.05) is 16.2 Å². The number of thiophene rings is 1.